The Labute approximate surface area is 116 Å². The van der Waals surface area contributed by atoms with Gasteiger partial charge < -0.3 is 15.5 Å². The van der Waals surface area contributed by atoms with Crippen molar-refractivity contribution in [3.63, 3.8) is 0 Å². The average Bonchev–Trinajstić information content (AvgIpc) is 2.85. The van der Waals surface area contributed by atoms with Gasteiger partial charge in [0.15, 0.2) is 0 Å². The van der Waals surface area contributed by atoms with Crippen molar-refractivity contribution in [1.29, 1.82) is 0 Å². The molecule has 0 radical (unpaired) electrons. The van der Waals surface area contributed by atoms with Crippen LogP contribution in [0.2, 0.25) is 0 Å². The first-order valence-electron chi connectivity index (χ1n) is 7.25. The van der Waals surface area contributed by atoms with Crippen molar-refractivity contribution >= 4 is 11.5 Å². The molecule has 1 aromatic heterocycles. The molecule has 1 aliphatic heterocycles. The normalized spacial score (nSPS) is 20.1. The molecule has 108 valence electrons. The zero-order valence-electron chi connectivity index (χ0n) is 12.7. The summed E-state index contributed by atoms with van der Waals surface area (Å²) in [5.74, 6) is 1.83. The number of hydrogen-bond acceptors (Lipinski definition) is 4. The zero-order valence-corrected chi connectivity index (χ0v) is 12.7. The van der Waals surface area contributed by atoms with E-state index >= 15 is 0 Å². The van der Waals surface area contributed by atoms with Crippen molar-refractivity contribution in [2.75, 3.05) is 44.4 Å². The minimum Gasteiger partial charge on any atom is -0.394 e. The standard InChI is InChI=1S/C14H27N5/c1-5-7-19-14(13(15)11(2)16-19)18(4)10-12-6-8-17(3)9-12/h12H,5-10,15H2,1-4H3. The second-order valence-electron chi connectivity index (χ2n) is 5.84. The van der Waals surface area contributed by atoms with Crippen LogP contribution in [-0.4, -0.2) is 48.4 Å². The Balaban J connectivity index is 2.11. The molecule has 0 spiro atoms. The van der Waals surface area contributed by atoms with Crippen LogP contribution in [0.1, 0.15) is 25.5 Å². The van der Waals surface area contributed by atoms with Crippen molar-refractivity contribution < 1.29 is 0 Å². The lowest BCUT2D eigenvalue weighted by Crippen LogP contribution is -2.29. The number of aryl methyl sites for hydroxylation is 2. The summed E-state index contributed by atoms with van der Waals surface area (Å²) < 4.78 is 2.06. The maximum absolute atomic E-state index is 6.20. The highest BCUT2D eigenvalue weighted by Crippen LogP contribution is 2.27. The fourth-order valence-corrected chi connectivity index (χ4v) is 3.00. The minimum absolute atomic E-state index is 0.736. The van der Waals surface area contributed by atoms with Crippen LogP contribution >= 0.6 is 0 Å². The highest BCUT2D eigenvalue weighted by molar-refractivity contribution is 5.65. The van der Waals surface area contributed by atoms with Gasteiger partial charge in [-0.2, -0.15) is 5.10 Å². The molecule has 1 fully saturated rings. The Morgan fingerprint density at radius 3 is 2.79 bits per heavy atom. The lowest BCUT2D eigenvalue weighted by molar-refractivity contribution is 0.395. The van der Waals surface area contributed by atoms with Gasteiger partial charge in [0, 0.05) is 26.7 Å². The van der Waals surface area contributed by atoms with Crippen LogP contribution in [0.25, 0.3) is 0 Å². The van der Waals surface area contributed by atoms with Crippen LogP contribution < -0.4 is 10.6 Å². The summed E-state index contributed by atoms with van der Waals surface area (Å²) >= 11 is 0. The van der Waals surface area contributed by atoms with E-state index in [0.717, 1.165) is 42.6 Å². The summed E-state index contributed by atoms with van der Waals surface area (Å²) in [5, 5.41) is 4.55. The van der Waals surface area contributed by atoms with Gasteiger partial charge in [-0.25, -0.2) is 4.68 Å². The second-order valence-corrected chi connectivity index (χ2v) is 5.84. The number of anilines is 2. The molecule has 0 amide bonds. The molecular weight excluding hydrogens is 238 g/mol. The van der Waals surface area contributed by atoms with Gasteiger partial charge in [-0.15, -0.1) is 0 Å². The van der Waals surface area contributed by atoms with Gasteiger partial charge in [0.2, 0.25) is 0 Å². The molecule has 1 aromatic rings. The molecule has 0 aliphatic carbocycles. The third kappa shape index (κ3) is 3.03. The lowest BCUT2D eigenvalue weighted by atomic mass is 10.1. The number of aromatic nitrogens is 2. The summed E-state index contributed by atoms with van der Waals surface area (Å²) in [6.45, 7) is 8.54. The van der Waals surface area contributed by atoms with E-state index in [1.165, 1.54) is 19.5 Å². The van der Waals surface area contributed by atoms with Gasteiger partial charge >= 0.3 is 0 Å². The van der Waals surface area contributed by atoms with Crippen molar-refractivity contribution in [2.24, 2.45) is 5.92 Å². The molecule has 1 atom stereocenters. The number of nitrogens with two attached hydrogens (primary N) is 1. The fourth-order valence-electron chi connectivity index (χ4n) is 3.00. The predicted molar refractivity (Wildman–Crippen MR) is 80.5 cm³/mol. The SMILES string of the molecule is CCCn1nc(C)c(N)c1N(C)CC1CCN(C)C1. The molecule has 5 heteroatoms. The van der Waals surface area contributed by atoms with E-state index in [9.17, 15) is 0 Å². The van der Waals surface area contributed by atoms with Crippen LogP contribution in [0, 0.1) is 12.8 Å². The van der Waals surface area contributed by atoms with Crippen LogP contribution in [0.15, 0.2) is 0 Å². The monoisotopic (exact) mass is 265 g/mol. The van der Waals surface area contributed by atoms with E-state index in [4.69, 9.17) is 5.73 Å². The number of rotatable bonds is 5. The van der Waals surface area contributed by atoms with Crippen LogP contribution in [0.3, 0.4) is 0 Å². The number of hydrogen-bond donors (Lipinski definition) is 1. The molecule has 5 nitrogen and oxygen atoms in total. The van der Waals surface area contributed by atoms with E-state index in [1.807, 2.05) is 6.92 Å². The number of likely N-dealkylation sites (tertiary alicyclic amines) is 1. The molecule has 2 heterocycles. The summed E-state index contributed by atoms with van der Waals surface area (Å²) in [4.78, 5) is 4.69. The van der Waals surface area contributed by atoms with Gasteiger partial charge in [-0.3, -0.25) is 0 Å². The van der Waals surface area contributed by atoms with E-state index < -0.39 is 0 Å². The Bertz CT molecular complexity index is 426. The first kappa shape index (κ1) is 14.2. The first-order valence-corrected chi connectivity index (χ1v) is 7.25. The fraction of sp³-hybridized carbons (Fsp3) is 0.786. The molecular formula is C14H27N5. The third-order valence-corrected chi connectivity index (χ3v) is 3.96. The molecule has 1 unspecified atom stereocenters. The Morgan fingerprint density at radius 1 is 1.47 bits per heavy atom. The summed E-state index contributed by atoms with van der Waals surface area (Å²) in [7, 11) is 4.33. The summed E-state index contributed by atoms with van der Waals surface area (Å²) in [6, 6.07) is 0. The van der Waals surface area contributed by atoms with Crippen molar-refractivity contribution in [3.8, 4) is 0 Å². The quantitative estimate of drug-likeness (QED) is 0.878. The van der Waals surface area contributed by atoms with Gasteiger partial charge in [0.1, 0.15) is 5.82 Å². The number of nitrogen functional groups attached to an aromatic ring is 1. The smallest absolute Gasteiger partial charge is 0.150 e. The van der Waals surface area contributed by atoms with Gasteiger partial charge in [0.25, 0.3) is 0 Å². The summed E-state index contributed by atoms with van der Waals surface area (Å²) in [5.41, 5.74) is 7.98. The Morgan fingerprint density at radius 2 is 2.21 bits per heavy atom. The van der Waals surface area contributed by atoms with Gasteiger partial charge in [-0.05, 0) is 39.3 Å². The van der Waals surface area contributed by atoms with Crippen molar-refractivity contribution in [1.82, 2.24) is 14.7 Å². The topological polar surface area (TPSA) is 50.3 Å². The van der Waals surface area contributed by atoms with Gasteiger partial charge in [0.05, 0.1) is 11.4 Å². The first-order chi connectivity index (χ1) is 9.02. The van der Waals surface area contributed by atoms with Crippen molar-refractivity contribution in [2.45, 2.75) is 33.2 Å². The van der Waals surface area contributed by atoms with Crippen LogP contribution in [0.5, 0.6) is 0 Å². The largest absolute Gasteiger partial charge is 0.394 e. The van der Waals surface area contributed by atoms with Crippen LogP contribution in [0.4, 0.5) is 11.5 Å². The molecule has 0 bridgehead atoms. The molecule has 1 saturated heterocycles. The van der Waals surface area contributed by atoms with E-state index in [2.05, 4.69) is 40.6 Å². The molecule has 2 rings (SSSR count). The second kappa shape index (κ2) is 5.82. The predicted octanol–water partition coefficient (Wildman–Crippen LogP) is 1.57. The molecule has 2 N–H and O–H groups in total. The average molecular weight is 265 g/mol. The molecule has 0 saturated carbocycles. The highest BCUT2D eigenvalue weighted by atomic mass is 15.4. The lowest BCUT2D eigenvalue weighted by Gasteiger charge is -2.24. The van der Waals surface area contributed by atoms with Crippen molar-refractivity contribution in [3.05, 3.63) is 5.69 Å². The van der Waals surface area contributed by atoms with E-state index in [-0.39, 0.29) is 0 Å². The highest BCUT2D eigenvalue weighted by Gasteiger charge is 2.23. The molecule has 0 aromatic carbocycles. The minimum atomic E-state index is 0.736. The molecule has 1 aliphatic rings. The zero-order chi connectivity index (χ0) is 14.0. The maximum atomic E-state index is 6.20. The summed E-state index contributed by atoms with van der Waals surface area (Å²) in [6.07, 6.45) is 2.36. The Hall–Kier alpha value is -1.23. The van der Waals surface area contributed by atoms with E-state index in [0.29, 0.717) is 0 Å². The van der Waals surface area contributed by atoms with E-state index in [1.54, 1.807) is 0 Å². The maximum Gasteiger partial charge on any atom is 0.150 e. The third-order valence-electron chi connectivity index (χ3n) is 3.96. The number of nitrogens with zero attached hydrogens (tertiary/aromatic N) is 4. The van der Waals surface area contributed by atoms with Gasteiger partial charge in [-0.1, -0.05) is 6.92 Å². The molecule has 19 heavy (non-hydrogen) atoms. The van der Waals surface area contributed by atoms with Crippen LogP contribution in [-0.2, 0) is 6.54 Å². The Kier molecular flexibility index (Phi) is 4.34.